The summed E-state index contributed by atoms with van der Waals surface area (Å²) in [6.45, 7) is 3.00. The predicted molar refractivity (Wildman–Crippen MR) is 96.3 cm³/mol. The van der Waals surface area contributed by atoms with Crippen molar-refractivity contribution in [2.45, 2.75) is 19.4 Å². The average molecular weight is 336 g/mol. The maximum Gasteiger partial charge on any atom is 0.225 e. The van der Waals surface area contributed by atoms with Gasteiger partial charge in [0.15, 0.2) is 0 Å². The molecule has 3 rings (SSSR count). The largest absolute Gasteiger partial charge is 0.345 e. The Kier molecular flexibility index (Phi) is 5.81. The number of nitrogens with one attached hydrogen (secondary N) is 1. The zero-order valence-corrected chi connectivity index (χ0v) is 14.1. The molecule has 2 aromatic rings. The van der Waals surface area contributed by atoms with E-state index in [-0.39, 0.29) is 18.1 Å². The van der Waals surface area contributed by atoms with Crippen LogP contribution in [-0.2, 0) is 24.2 Å². The molecule has 1 amide bonds. The van der Waals surface area contributed by atoms with Crippen LogP contribution in [0, 0.1) is 17.7 Å². The first-order chi connectivity index (χ1) is 12.2. The van der Waals surface area contributed by atoms with Gasteiger partial charge in [-0.3, -0.25) is 9.69 Å². The summed E-state index contributed by atoms with van der Waals surface area (Å²) in [4.78, 5) is 14.1. The molecule has 0 unspecified atom stereocenters. The van der Waals surface area contributed by atoms with E-state index in [0.717, 1.165) is 25.1 Å². The molecule has 1 aliphatic heterocycles. The summed E-state index contributed by atoms with van der Waals surface area (Å²) in [5.74, 6) is 5.72. The number of carbonyl (C=O) groups is 1. The van der Waals surface area contributed by atoms with Crippen LogP contribution < -0.4 is 5.32 Å². The molecule has 0 atom stereocenters. The molecular weight excluding hydrogens is 315 g/mol. The number of benzene rings is 2. The van der Waals surface area contributed by atoms with Crippen molar-refractivity contribution in [2.24, 2.45) is 0 Å². The van der Waals surface area contributed by atoms with E-state index >= 15 is 0 Å². The standard InChI is InChI=1S/C21H21FN2O/c22-20-9-7-17(8-10-20)15-21(25)23-12-3-4-13-24-14-11-18-5-1-2-6-19(18)16-24/h1-2,5-10H,11-16H2,(H,23,25). The summed E-state index contributed by atoms with van der Waals surface area (Å²) in [6, 6.07) is 14.5. The van der Waals surface area contributed by atoms with Crippen LogP contribution in [0.15, 0.2) is 48.5 Å². The Morgan fingerprint density at radius 3 is 2.64 bits per heavy atom. The van der Waals surface area contributed by atoms with Gasteiger partial charge in [-0.1, -0.05) is 48.2 Å². The highest BCUT2D eigenvalue weighted by Gasteiger charge is 2.14. The predicted octanol–water partition coefficient (Wildman–Crippen LogP) is 2.55. The molecule has 0 saturated heterocycles. The number of halogens is 1. The van der Waals surface area contributed by atoms with Gasteiger partial charge in [-0.05, 0) is 35.2 Å². The summed E-state index contributed by atoms with van der Waals surface area (Å²) in [7, 11) is 0. The van der Waals surface area contributed by atoms with E-state index in [0.29, 0.717) is 13.1 Å². The molecule has 0 aliphatic carbocycles. The highest BCUT2D eigenvalue weighted by atomic mass is 19.1. The topological polar surface area (TPSA) is 32.3 Å². The SMILES string of the molecule is O=C(Cc1ccc(F)cc1)NCC#CCN1CCc2ccccc2C1. The Balaban J connectivity index is 1.38. The molecule has 0 aromatic heterocycles. The van der Waals surface area contributed by atoms with E-state index in [1.165, 1.54) is 23.3 Å². The lowest BCUT2D eigenvalue weighted by atomic mass is 10.0. The fourth-order valence-corrected chi connectivity index (χ4v) is 2.91. The number of rotatable bonds is 4. The molecule has 0 saturated carbocycles. The van der Waals surface area contributed by atoms with Crippen molar-refractivity contribution >= 4 is 5.91 Å². The van der Waals surface area contributed by atoms with E-state index < -0.39 is 0 Å². The van der Waals surface area contributed by atoms with Crippen LogP contribution in [0.2, 0.25) is 0 Å². The van der Waals surface area contributed by atoms with Gasteiger partial charge in [-0.25, -0.2) is 4.39 Å². The fourth-order valence-electron chi connectivity index (χ4n) is 2.91. The Morgan fingerprint density at radius 2 is 1.84 bits per heavy atom. The minimum Gasteiger partial charge on any atom is -0.345 e. The van der Waals surface area contributed by atoms with Crippen molar-refractivity contribution in [3.63, 3.8) is 0 Å². The van der Waals surface area contributed by atoms with Crippen LogP contribution >= 0.6 is 0 Å². The minimum absolute atomic E-state index is 0.104. The van der Waals surface area contributed by atoms with E-state index in [1.54, 1.807) is 12.1 Å². The van der Waals surface area contributed by atoms with Crippen LogP contribution in [0.5, 0.6) is 0 Å². The molecule has 0 radical (unpaired) electrons. The maximum atomic E-state index is 12.8. The first kappa shape index (κ1) is 17.2. The fraction of sp³-hybridized carbons (Fsp3) is 0.286. The summed E-state index contributed by atoms with van der Waals surface area (Å²) in [5.41, 5.74) is 3.60. The highest BCUT2D eigenvalue weighted by molar-refractivity contribution is 5.78. The molecule has 4 heteroatoms. The lowest BCUT2D eigenvalue weighted by Crippen LogP contribution is -2.31. The van der Waals surface area contributed by atoms with Crippen molar-refractivity contribution in [2.75, 3.05) is 19.6 Å². The molecule has 1 heterocycles. The molecule has 0 spiro atoms. The summed E-state index contributed by atoms with van der Waals surface area (Å²) in [6.07, 6.45) is 1.30. The molecule has 128 valence electrons. The zero-order chi connectivity index (χ0) is 17.5. The third-order valence-corrected chi connectivity index (χ3v) is 4.29. The van der Waals surface area contributed by atoms with Crippen LogP contribution in [-0.4, -0.2) is 30.4 Å². The van der Waals surface area contributed by atoms with Crippen molar-refractivity contribution in [3.8, 4) is 11.8 Å². The summed E-state index contributed by atoms with van der Waals surface area (Å²) < 4.78 is 12.8. The number of hydrogen-bond donors (Lipinski definition) is 1. The Bertz CT molecular complexity index is 790. The Hall–Kier alpha value is -2.64. The van der Waals surface area contributed by atoms with Crippen molar-refractivity contribution in [1.29, 1.82) is 0 Å². The van der Waals surface area contributed by atoms with Crippen molar-refractivity contribution < 1.29 is 9.18 Å². The second-order valence-corrected chi connectivity index (χ2v) is 6.16. The Labute approximate surface area is 147 Å². The zero-order valence-electron chi connectivity index (χ0n) is 14.1. The van der Waals surface area contributed by atoms with Gasteiger partial charge in [0.25, 0.3) is 0 Å². The second-order valence-electron chi connectivity index (χ2n) is 6.16. The van der Waals surface area contributed by atoms with E-state index in [1.807, 2.05) is 0 Å². The van der Waals surface area contributed by atoms with E-state index in [4.69, 9.17) is 0 Å². The van der Waals surface area contributed by atoms with Crippen LogP contribution in [0.4, 0.5) is 4.39 Å². The lowest BCUT2D eigenvalue weighted by Gasteiger charge is -2.26. The number of fused-ring (bicyclic) bond motifs is 1. The average Bonchev–Trinajstić information content (AvgIpc) is 2.63. The molecule has 0 fully saturated rings. The van der Waals surface area contributed by atoms with Crippen LogP contribution in [0.25, 0.3) is 0 Å². The first-order valence-corrected chi connectivity index (χ1v) is 8.47. The second kappa shape index (κ2) is 8.46. The van der Waals surface area contributed by atoms with Crippen molar-refractivity contribution in [3.05, 3.63) is 71.0 Å². The number of hydrogen-bond acceptors (Lipinski definition) is 2. The number of nitrogens with zero attached hydrogens (tertiary/aromatic N) is 1. The maximum absolute atomic E-state index is 12.8. The lowest BCUT2D eigenvalue weighted by molar-refractivity contribution is -0.120. The molecular formula is C21H21FN2O. The quantitative estimate of drug-likeness (QED) is 0.871. The van der Waals surface area contributed by atoms with Gasteiger partial charge in [0.05, 0.1) is 19.5 Å². The van der Waals surface area contributed by atoms with Crippen molar-refractivity contribution in [1.82, 2.24) is 10.2 Å². The van der Waals surface area contributed by atoms with Gasteiger partial charge in [0.1, 0.15) is 5.82 Å². The monoisotopic (exact) mass is 336 g/mol. The van der Waals surface area contributed by atoms with E-state index in [9.17, 15) is 9.18 Å². The van der Waals surface area contributed by atoms with Gasteiger partial charge in [0, 0.05) is 13.1 Å². The molecule has 1 N–H and O–H groups in total. The Morgan fingerprint density at radius 1 is 1.08 bits per heavy atom. The normalized spacial score (nSPS) is 13.5. The van der Waals surface area contributed by atoms with Gasteiger partial charge in [-0.2, -0.15) is 0 Å². The highest BCUT2D eigenvalue weighted by Crippen LogP contribution is 2.17. The van der Waals surface area contributed by atoms with Gasteiger partial charge in [-0.15, -0.1) is 0 Å². The molecule has 0 bridgehead atoms. The van der Waals surface area contributed by atoms with Gasteiger partial charge < -0.3 is 5.32 Å². The summed E-state index contributed by atoms with van der Waals surface area (Å²) in [5, 5.41) is 2.77. The van der Waals surface area contributed by atoms with E-state index in [2.05, 4.69) is 46.3 Å². The number of amides is 1. The third-order valence-electron chi connectivity index (χ3n) is 4.29. The minimum atomic E-state index is -0.296. The number of carbonyl (C=O) groups excluding carboxylic acids is 1. The smallest absolute Gasteiger partial charge is 0.225 e. The van der Waals surface area contributed by atoms with Crippen LogP contribution in [0.1, 0.15) is 16.7 Å². The molecule has 1 aliphatic rings. The van der Waals surface area contributed by atoms with Gasteiger partial charge >= 0.3 is 0 Å². The third kappa shape index (κ3) is 5.17. The summed E-state index contributed by atoms with van der Waals surface area (Å²) >= 11 is 0. The van der Waals surface area contributed by atoms with Gasteiger partial charge in [0.2, 0.25) is 5.91 Å². The molecule has 25 heavy (non-hydrogen) atoms. The van der Waals surface area contributed by atoms with Crippen LogP contribution in [0.3, 0.4) is 0 Å². The molecule has 3 nitrogen and oxygen atoms in total. The molecule has 2 aromatic carbocycles. The first-order valence-electron chi connectivity index (χ1n) is 8.47.